The van der Waals surface area contributed by atoms with Gasteiger partial charge in [-0.25, -0.2) is 4.79 Å². The molecule has 6 heteroatoms. The number of methoxy groups -OCH3 is 2. The van der Waals surface area contributed by atoms with Crippen LogP contribution in [0.2, 0.25) is 0 Å². The van der Waals surface area contributed by atoms with Gasteiger partial charge in [0, 0.05) is 12.1 Å². The van der Waals surface area contributed by atoms with Crippen LogP contribution in [0, 0.1) is 0 Å². The monoisotopic (exact) mass is 398 g/mol. The summed E-state index contributed by atoms with van der Waals surface area (Å²) in [4.78, 5) is 15.0. The van der Waals surface area contributed by atoms with Gasteiger partial charge in [-0.15, -0.1) is 0 Å². The number of benzene rings is 2. The SMILES string of the molecule is CCOc1cccc(C(C)NC(=O)N2CCCC2c2cc(OC)ccc2OC)c1. The Bertz CT molecular complexity index is 839. The number of likely N-dealkylation sites (tertiary alicyclic amines) is 1. The molecular weight excluding hydrogens is 368 g/mol. The quantitative estimate of drug-likeness (QED) is 0.734. The highest BCUT2D eigenvalue weighted by molar-refractivity contribution is 5.76. The van der Waals surface area contributed by atoms with E-state index in [0.717, 1.165) is 41.2 Å². The van der Waals surface area contributed by atoms with Crippen molar-refractivity contribution < 1.29 is 19.0 Å². The van der Waals surface area contributed by atoms with Crippen LogP contribution in [0.15, 0.2) is 42.5 Å². The molecule has 1 heterocycles. The third-order valence-corrected chi connectivity index (χ3v) is 5.32. The van der Waals surface area contributed by atoms with Crippen LogP contribution in [0.1, 0.15) is 49.9 Å². The fourth-order valence-electron chi connectivity index (χ4n) is 3.82. The maximum absolute atomic E-state index is 13.1. The lowest BCUT2D eigenvalue weighted by molar-refractivity contribution is 0.188. The molecule has 29 heavy (non-hydrogen) atoms. The number of rotatable bonds is 7. The van der Waals surface area contributed by atoms with E-state index in [1.165, 1.54) is 0 Å². The fraction of sp³-hybridized carbons (Fsp3) is 0.435. The Morgan fingerprint density at radius 1 is 1.17 bits per heavy atom. The van der Waals surface area contributed by atoms with Gasteiger partial charge in [-0.05, 0) is 62.6 Å². The zero-order valence-corrected chi connectivity index (χ0v) is 17.6. The van der Waals surface area contributed by atoms with Gasteiger partial charge >= 0.3 is 6.03 Å². The number of hydrogen-bond donors (Lipinski definition) is 1. The summed E-state index contributed by atoms with van der Waals surface area (Å²) < 4.78 is 16.5. The largest absolute Gasteiger partial charge is 0.497 e. The van der Waals surface area contributed by atoms with Crippen molar-refractivity contribution in [3.05, 3.63) is 53.6 Å². The summed E-state index contributed by atoms with van der Waals surface area (Å²) in [7, 11) is 3.29. The number of hydrogen-bond acceptors (Lipinski definition) is 4. The predicted octanol–water partition coefficient (Wildman–Crippen LogP) is 4.71. The first-order valence-electron chi connectivity index (χ1n) is 10.1. The zero-order valence-electron chi connectivity index (χ0n) is 17.6. The van der Waals surface area contributed by atoms with Gasteiger partial charge in [0.25, 0.3) is 0 Å². The van der Waals surface area contributed by atoms with Crippen LogP contribution in [0.4, 0.5) is 4.79 Å². The van der Waals surface area contributed by atoms with Gasteiger partial charge in [0.1, 0.15) is 17.2 Å². The maximum atomic E-state index is 13.1. The lowest BCUT2D eigenvalue weighted by Crippen LogP contribution is -2.40. The summed E-state index contributed by atoms with van der Waals surface area (Å²) in [6.45, 7) is 5.27. The molecule has 0 bridgehead atoms. The molecule has 156 valence electrons. The molecule has 2 amide bonds. The minimum atomic E-state index is -0.128. The molecule has 1 fully saturated rings. The molecule has 2 aromatic carbocycles. The second kappa shape index (κ2) is 9.54. The average molecular weight is 399 g/mol. The Balaban J connectivity index is 1.76. The summed E-state index contributed by atoms with van der Waals surface area (Å²) in [5.41, 5.74) is 1.99. The van der Waals surface area contributed by atoms with Gasteiger partial charge < -0.3 is 24.4 Å². The highest BCUT2D eigenvalue weighted by Gasteiger charge is 2.32. The molecule has 0 spiro atoms. The summed E-state index contributed by atoms with van der Waals surface area (Å²) >= 11 is 0. The van der Waals surface area contributed by atoms with E-state index in [0.29, 0.717) is 13.2 Å². The molecule has 1 N–H and O–H groups in total. The molecule has 1 aliphatic rings. The van der Waals surface area contributed by atoms with E-state index in [4.69, 9.17) is 14.2 Å². The van der Waals surface area contributed by atoms with E-state index in [2.05, 4.69) is 5.32 Å². The standard InChI is InChI=1S/C23H30N2O4/c1-5-29-19-9-6-8-17(14-19)16(2)24-23(26)25-13-7-10-21(25)20-15-18(27-3)11-12-22(20)28-4/h6,8-9,11-12,14-16,21H,5,7,10,13H2,1-4H3,(H,24,26). The van der Waals surface area contributed by atoms with Crippen LogP contribution in [-0.2, 0) is 0 Å². The van der Waals surface area contributed by atoms with Crippen LogP contribution in [-0.4, -0.2) is 38.3 Å². The predicted molar refractivity (Wildman–Crippen MR) is 113 cm³/mol. The first-order valence-corrected chi connectivity index (χ1v) is 10.1. The van der Waals surface area contributed by atoms with Crippen molar-refractivity contribution >= 4 is 6.03 Å². The number of carbonyl (C=O) groups is 1. The fourth-order valence-corrected chi connectivity index (χ4v) is 3.82. The van der Waals surface area contributed by atoms with Gasteiger partial charge in [0.2, 0.25) is 0 Å². The molecule has 3 rings (SSSR count). The first-order chi connectivity index (χ1) is 14.1. The van der Waals surface area contributed by atoms with E-state index in [9.17, 15) is 4.79 Å². The number of urea groups is 1. The number of nitrogens with one attached hydrogen (secondary N) is 1. The van der Waals surface area contributed by atoms with Crippen molar-refractivity contribution in [1.29, 1.82) is 0 Å². The molecule has 0 saturated carbocycles. The van der Waals surface area contributed by atoms with Gasteiger partial charge in [-0.1, -0.05) is 12.1 Å². The Labute approximate surface area is 172 Å². The van der Waals surface area contributed by atoms with Gasteiger partial charge in [-0.2, -0.15) is 0 Å². The molecule has 0 aromatic heterocycles. The van der Waals surface area contributed by atoms with Crippen LogP contribution < -0.4 is 19.5 Å². The molecule has 1 aliphatic heterocycles. The number of nitrogens with zero attached hydrogens (tertiary/aromatic N) is 1. The van der Waals surface area contributed by atoms with Crippen molar-refractivity contribution in [3.63, 3.8) is 0 Å². The second-order valence-electron chi connectivity index (χ2n) is 7.14. The molecule has 0 radical (unpaired) electrons. The Morgan fingerprint density at radius 2 is 2.00 bits per heavy atom. The van der Waals surface area contributed by atoms with E-state index in [-0.39, 0.29) is 18.1 Å². The molecule has 6 nitrogen and oxygen atoms in total. The number of ether oxygens (including phenoxy) is 3. The Kier molecular flexibility index (Phi) is 6.86. The van der Waals surface area contributed by atoms with Crippen molar-refractivity contribution in [2.75, 3.05) is 27.4 Å². The zero-order chi connectivity index (χ0) is 20.8. The van der Waals surface area contributed by atoms with Crippen molar-refractivity contribution in [2.45, 2.75) is 38.8 Å². The van der Waals surface area contributed by atoms with Crippen LogP contribution in [0.3, 0.4) is 0 Å². The molecular formula is C23H30N2O4. The Morgan fingerprint density at radius 3 is 2.72 bits per heavy atom. The van der Waals surface area contributed by atoms with E-state index >= 15 is 0 Å². The number of amides is 2. The van der Waals surface area contributed by atoms with Crippen LogP contribution in [0.5, 0.6) is 17.2 Å². The van der Waals surface area contributed by atoms with E-state index in [1.807, 2.05) is 61.2 Å². The topological polar surface area (TPSA) is 60.0 Å². The van der Waals surface area contributed by atoms with Gasteiger partial charge in [-0.3, -0.25) is 0 Å². The second-order valence-corrected chi connectivity index (χ2v) is 7.14. The van der Waals surface area contributed by atoms with Crippen LogP contribution in [0.25, 0.3) is 0 Å². The summed E-state index contributed by atoms with van der Waals surface area (Å²) in [6.07, 6.45) is 1.85. The third kappa shape index (κ3) is 4.75. The minimum absolute atomic E-state index is 0.0398. The van der Waals surface area contributed by atoms with Gasteiger partial charge in [0.05, 0.1) is 32.9 Å². The molecule has 2 unspecified atom stereocenters. The van der Waals surface area contributed by atoms with Crippen molar-refractivity contribution in [3.8, 4) is 17.2 Å². The van der Waals surface area contributed by atoms with E-state index in [1.54, 1.807) is 14.2 Å². The molecule has 1 saturated heterocycles. The maximum Gasteiger partial charge on any atom is 0.318 e. The van der Waals surface area contributed by atoms with Gasteiger partial charge in [0.15, 0.2) is 0 Å². The summed E-state index contributed by atoms with van der Waals surface area (Å²) in [5, 5.41) is 3.13. The third-order valence-electron chi connectivity index (χ3n) is 5.32. The van der Waals surface area contributed by atoms with Crippen molar-refractivity contribution in [1.82, 2.24) is 10.2 Å². The lowest BCUT2D eigenvalue weighted by atomic mass is 10.0. The van der Waals surface area contributed by atoms with Crippen molar-refractivity contribution in [2.24, 2.45) is 0 Å². The highest BCUT2D eigenvalue weighted by Crippen LogP contribution is 2.39. The van der Waals surface area contributed by atoms with Crippen LogP contribution >= 0.6 is 0 Å². The molecule has 0 aliphatic carbocycles. The Hall–Kier alpha value is -2.89. The normalized spacial score (nSPS) is 17.0. The molecule has 2 aromatic rings. The first kappa shape index (κ1) is 20.8. The summed E-state index contributed by atoms with van der Waals surface area (Å²) in [5.74, 6) is 2.34. The number of carbonyl (C=O) groups excluding carboxylic acids is 1. The molecule has 2 atom stereocenters. The van der Waals surface area contributed by atoms with E-state index < -0.39 is 0 Å². The average Bonchev–Trinajstić information content (AvgIpc) is 3.23. The lowest BCUT2D eigenvalue weighted by Gasteiger charge is -2.28. The minimum Gasteiger partial charge on any atom is -0.497 e. The smallest absolute Gasteiger partial charge is 0.318 e. The highest BCUT2D eigenvalue weighted by atomic mass is 16.5. The summed E-state index contributed by atoms with van der Waals surface area (Å²) in [6, 6.07) is 13.3.